The van der Waals surface area contributed by atoms with E-state index in [0.717, 1.165) is 26.2 Å². The van der Waals surface area contributed by atoms with Crippen molar-refractivity contribution in [3.63, 3.8) is 0 Å². The van der Waals surface area contributed by atoms with Gasteiger partial charge in [0, 0.05) is 26.9 Å². The number of hydrogen-bond acceptors (Lipinski definition) is 4. The van der Waals surface area contributed by atoms with Gasteiger partial charge in [0.05, 0.1) is 19.3 Å². The minimum atomic E-state index is 0.295. The van der Waals surface area contributed by atoms with Crippen LogP contribution in [0.2, 0.25) is 0 Å². The fourth-order valence-corrected chi connectivity index (χ4v) is 1.33. The second kappa shape index (κ2) is 11.3. The highest BCUT2D eigenvalue weighted by atomic mass is 16.5. The van der Waals surface area contributed by atoms with Gasteiger partial charge >= 0.3 is 0 Å². The maximum atomic E-state index is 5.78. The second-order valence-corrected chi connectivity index (χ2v) is 4.17. The number of methoxy groups -OCH3 is 1. The third kappa shape index (κ3) is 9.09. The first-order chi connectivity index (χ1) is 7.72. The minimum Gasteiger partial charge on any atom is -0.382 e. The standard InChI is InChI=1S/C12H27NO3/c1-11(2)12(10-13-3)16-7-5-6-15-9-8-14-4/h11-13H,5-10H2,1-4H3. The molecule has 0 aliphatic heterocycles. The van der Waals surface area contributed by atoms with E-state index in [1.54, 1.807) is 7.11 Å². The summed E-state index contributed by atoms with van der Waals surface area (Å²) in [5.41, 5.74) is 0. The van der Waals surface area contributed by atoms with E-state index in [1.807, 2.05) is 7.05 Å². The lowest BCUT2D eigenvalue weighted by atomic mass is 10.1. The van der Waals surface area contributed by atoms with E-state index in [9.17, 15) is 0 Å². The van der Waals surface area contributed by atoms with E-state index in [2.05, 4.69) is 19.2 Å². The Morgan fingerprint density at radius 1 is 1.06 bits per heavy atom. The van der Waals surface area contributed by atoms with Crippen molar-refractivity contribution in [2.45, 2.75) is 26.4 Å². The van der Waals surface area contributed by atoms with Crippen LogP contribution in [0.1, 0.15) is 20.3 Å². The molecule has 0 spiro atoms. The molecule has 0 rings (SSSR count). The molecule has 0 aromatic carbocycles. The summed E-state index contributed by atoms with van der Waals surface area (Å²) in [6.45, 7) is 8.09. The van der Waals surface area contributed by atoms with E-state index in [4.69, 9.17) is 14.2 Å². The molecule has 0 aromatic heterocycles. The van der Waals surface area contributed by atoms with Gasteiger partial charge in [0.1, 0.15) is 0 Å². The zero-order chi connectivity index (χ0) is 12.2. The first kappa shape index (κ1) is 15.8. The van der Waals surface area contributed by atoms with E-state index >= 15 is 0 Å². The molecule has 98 valence electrons. The van der Waals surface area contributed by atoms with E-state index in [1.165, 1.54) is 0 Å². The van der Waals surface area contributed by atoms with Crippen LogP contribution in [0.3, 0.4) is 0 Å². The van der Waals surface area contributed by atoms with Gasteiger partial charge in [-0.1, -0.05) is 13.8 Å². The van der Waals surface area contributed by atoms with Crippen molar-refractivity contribution in [2.24, 2.45) is 5.92 Å². The van der Waals surface area contributed by atoms with E-state index < -0.39 is 0 Å². The van der Waals surface area contributed by atoms with Gasteiger partial charge in [0.25, 0.3) is 0 Å². The zero-order valence-electron chi connectivity index (χ0n) is 11.1. The summed E-state index contributed by atoms with van der Waals surface area (Å²) in [5.74, 6) is 0.543. The molecule has 1 atom stereocenters. The van der Waals surface area contributed by atoms with Crippen LogP contribution >= 0.6 is 0 Å². The maximum absolute atomic E-state index is 5.78. The van der Waals surface area contributed by atoms with Gasteiger partial charge < -0.3 is 19.5 Å². The van der Waals surface area contributed by atoms with Gasteiger partial charge in [-0.3, -0.25) is 0 Å². The predicted octanol–water partition coefficient (Wildman–Crippen LogP) is 1.30. The fraction of sp³-hybridized carbons (Fsp3) is 1.00. The third-order valence-electron chi connectivity index (χ3n) is 2.35. The molecule has 1 unspecified atom stereocenters. The van der Waals surface area contributed by atoms with Gasteiger partial charge in [0.2, 0.25) is 0 Å². The number of rotatable bonds is 11. The van der Waals surface area contributed by atoms with Crippen LogP contribution in [-0.4, -0.2) is 53.2 Å². The van der Waals surface area contributed by atoms with Crippen LogP contribution in [0.15, 0.2) is 0 Å². The number of ether oxygens (including phenoxy) is 3. The smallest absolute Gasteiger partial charge is 0.0722 e. The summed E-state index contributed by atoms with van der Waals surface area (Å²) >= 11 is 0. The molecule has 1 N–H and O–H groups in total. The predicted molar refractivity (Wildman–Crippen MR) is 65.8 cm³/mol. The van der Waals surface area contributed by atoms with Crippen LogP contribution in [-0.2, 0) is 14.2 Å². The molecular formula is C12H27NO3. The Labute approximate surface area is 99.6 Å². The Bertz CT molecular complexity index is 142. The van der Waals surface area contributed by atoms with Crippen LogP contribution in [0.25, 0.3) is 0 Å². The monoisotopic (exact) mass is 233 g/mol. The van der Waals surface area contributed by atoms with Gasteiger partial charge in [-0.2, -0.15) is 0 Å². The van der Waals surface area contributed by atoms with E-state index in [0.29, 0.717) is 25.2 Å². The maximum Gasteiger partial charge on any atom is 0.0722 e. The first-order valence-electron chi connectivity index (χ1n) is 6.05. The van der Waals surface area contributed by atoms with Gasteiger partial charge in [0.15, 0.2) is 0 Å². The van der Waals surface area contributed by atoms with Crippen molar-refractivity contribution in [2.75, 3.05) is 47.1 Å². The van der Waals surface area contributed by atoms with Crippen LogP contribution in [0.4, 0.5) is 0 Å². The molecule has 0 saturated heterocycles. The summed E-state index contributed by atoms with van der Waals surface area (Å²) in [6, 6.07) is 0. The molecule has 4 nitrogen and oxygen atoms in total. The molecule has 0 radical (unpaired) electrons. The normalized spacial score (nSPS) is 13.3. The molecule has 0 bridgehead atoms. The molecule has 16 heavy (non-hydrogen) atoms. The topological polar surface area (TPSA) is 39.7 Å². The SMILES string of the molecule is CNCC(OCCCOCCOC)C(C)C. The lowest BCUT2D eigenvalue weighted by Crippen LogP contribution is -2.31. The van der Waals surface area contributed by atoms with Crippen molar-refractivity contribution in [3.8, 4) is 0 Å². The summed E-state index contributed by atoms with van der Waals surface area (Å²) in [6.07, 6.45) is 1.24. The van der Waals surface area contributed by atoms with Gasteiger partial charge in [-0.05, 0) is 19.4 Å². The Morgan fingerprint density at radius 3 is 2.38 bits per heavy atom. The molecule has 4 heteroatoms. The lowest BCUT2D eigenvalue weighted by Gasteiger charge is -2.21. The van der Waals surface area contributed by atoms with Crippen LogP contribution < -0.4 is 5.32 Å². The Balaban J connectivity index is 3.33. The summed E-state index contributed by atoms with van der Waals surface area (Å²) in [4.78, 5) is 0. The van der Waals surface area contributed by atoms with Crippen molar-refractivity contribution >= 4 is 0 Å². The van der Waals surface area contributed by atoms with Gasteiger partial charge in [-0.25, -0.2) is 0 Å². The van der Waals surface area contributed by atoms with Crippen molar-refractivity contribution < 1.29 is 14.2 Å². The Morgan fingerprint density at radius 2 is 1.81 bits per heavy atom. The zero-order valence-corrected chi connectivity index (χ0v) is 11.1. The molecule has 0 heterocycles. The summed E-state index contributed by atoms with van der Waals surface area (Å²) in [5, 5.41) is 3.15. The largest absolute Gasteiger partial charge is 0.382 e. The first-order valence-corrected chi connectivity index (χ1v) is 6.05. The molecule has 0 aromatic rings. The molecule has 0 aliphatic carbocycles. The quantitative estimate of drug-likeness (QED) is 0.546. The number of hydrogen-bond donors (Lipinski definition) is 1. The van der Waals surface area contributed by atoms with Crippen molar-refractivity contribution in [1.29, 1.82) is 0 Å². The highest BCUT2D eigenvalue weighted by Gasteiger charge is 2.11. The molecule has 0 saturated carbocycles. The average molecular weight is 233 g/mol. The lowest BCUT2D eigenvalue weighted by molar-refractivity contribution is 0.00521. The van der Waals surface area contributed by atoms with Crippen molar-refractivity contribution in [1.82, 2.24) is 5.32 Å². The second-order valence-electron chi connectivity index (χ2n) is 4.17. The summed E-state index contributed by atoms with van der Waals surface area (Å²) in [7, 11) is 3.63. The minimum absolute atomic E-state index is 0.295. The molecule has 0 aliphatic rings. The fourth-order valence-electron chi connectivity index (χ4n) is 1.33. The number of nitrogens with one attached hydrogen (secondary N) is 1. The van der Waals surface area contributed by atoms with Crippen molar-refractivity contribution in [3.05, 3.63) is 0 Å². The Hall–Kier alpha value is -0.160. The highest BCUT2D eigenvalue weighted by Crippen LogP contribution is 2.05. The van der Waals surface area contributed by atoms with Gasteiger partial charge in [-0.15, -0.1) is 0 Å². The summed E-state index contributed by atoms with van der Waals surface area (Å²) < 4.78 is 16.0. The third-order valence-corrected chi connectivity index (χ3v) is 2.35. The average Bonchev–Trinajstić information content (AvgIpc) is 2.26. The molecule has 0 fully saturated rings. The Kier molecular flexibility index (Phi) is 11.2. The van der Waals surface area contributed by atoms with E-state index in [-0.39, 0.29) is 0 Å². The van der Waals surface area contributed by atoms with Crippen LogP contribution in [0.5, 0.6) is 0 Å². The highest BCUT2D eigenvalue weighted by molar-refractivity contribution is 4.64. The van der Waals surface area contributed by atoms with Crippen LogP contribution in [0, 0.1) is 5.92 Å². The molecular weight excluding hydrogens is 206 g/mol. The number of likely N-dealkylation sites (N-methyl/N-ethyl adjacent to an activating group) is 1. The molecule has 0 amide bonds.